The number of aromatic amines is 1. The molecule has 0 saturated carbocycles. The lowest BCUT2D eigenvalue weighted by Crippen LogP contribution is -2.27. The van der Waals surface area contributed by atoms with Gasteiger partial charge in [-0.3, -0.25) is 4.79 Å². The van der Waals surface area contributed by atoms with E-state index in [1.165, 1.54) is 6.07 Å². The highest BCUT2D eigenvalue weighted by molar-refractivity contribution is 7.71. The van der Waals surface area contributed by atoms with Crippen LogP contribution in [-0.4, -0.2) is 22.0 Å². The molecule has 0 aliphatic rings. The second kappa shape index (κ2) is 4.67. The van der Waals surface area contributed by atoms with Crippen molar-refractivity contribution in [3.63, 3.8) is 0 Å². The molecule has 0 fully saturated rings. The molecule has 0 bridgehead atoms. The van der Waals surface area contributed by atoms with Gasteiger partial charge in [-0.1, -0.05) is 6.07 Å². The second-order valence-electron chi connectivity index (χ2n) is 3.60. The molecule has 4 nitrogen and oxygen atoms in total. The molecule has 0 saturated heterocycles. The summed E-state index contributed by atoms with van der Waals surface area (Å²) < 4.78 is 15.4. The first-order valence-corrected chi connectivity index (χ1v) is 5.68. The summed E-state index contributed by atoms with van der Waals surface area (Å²) in [6.07, 6.45) is 0. The van der Waals surface area contributed by atoms with Gasteiger partial charge in [-0.2, -0.15) is 0 Å². The Morgan fingerprint density at radius 3 is 3.06 bits per heavy atom. The van der Waals surface area contributed by atoms with E-state index in [0.29, 0.717) is 22.3 Å². The molecular formula is C11H12FN3OS. The molecule has 0 radical (unpaired) electrons. The first-order chi connectivity index (χ1) is 8.13. The van der Waals surface area contributed by atoms with Gasteiger partial charge >= 0.3 is 0 Å². The van der Waals surface area contributed by atoms with Gasteiger partial charge in [-0.05, 0) is 31.3 Å². The molecule has 0 spiro atoms. The molecule has 1 heterocycles. The molecule has 90 valence electrons. The van der Waals surface area contributed by atoms with Crippen LogP contribution in [0, 0.1) is 10.6 Å². The minimum atomic E-state index is -0.372. The summed E-state index contributed by atoms with van der Waals surface area (Å²) in [6, 6.07) is 4.67. The van der Waals surface area contributed by atoms with Crippen molar-refractivity contribution in [2.75, 3.05) is 6.54 Å². The topological polar surface area (TPSA) is 49.8 Å². The Balaban J connectivity index is 2.47. The van der Waals surface area contributed by atoms with Crippen LogP contribution in [0.3, 0.4) is 0 Å². The number of nitrogens with one attached hydrogen (secondary N) is 2. The van der Waals surface area contributed by atoms with Crippen LogP contribution in [-0.2, 0) is 11.3 Å². The largest absolute Gasteiger partial charge is 0.355 e. The molecule has 1 aromatic carbocycles. The fourth-order valence-corrected chi connectivity index (χ4v) is 1.96. The fraction of sp³-hybridized carbons (Fsp3) is 0.273. The van der Waals surface area contributed by atoms with Crippen molar-refractivity contribution in [2.24, 2.45) is 0 Å². The number of carbonyl (C=O) groups excluding carboxylic acids is 1. The Bertz CT molecular complexity index is 617. The van der Waals surface area contributed by atoms with E-state index in [4.69, 9.17) is 12.2 Å². The lowest BCUT2D eigenvalue weighted by molar-refractivity contribution is -0.121. The van der Waals surface area contributed by atoms with Crippen molar-refractivity contribution in [3.05, 3.63) is 28.8 Å². The third-order valence-corrected chi connectivity index (χ3v) is 2.76. The van der Waals surface area contributed by atoms with Gasteiger partial charge in [0.05, 0.1) is 5.52 Å². The standard InChI is InChI=1S/C11H12FN3OS/c1-2-13-9(16)6-15-8-5-3-4-7(12)10(8)14-11(15)17/h3-5H,2,6H2,1H3,(H,13,16)(H,14,17). The van der Waals surface area contributed by atoms with Gasteiger partial charge in [0.2, 0.25) is 5.91 Å². The van der Waals surface area contributed by atoms with Crippen molar-refractivity contribution in [2.45, 2.75) is 13.5 Å². The Kier molecular flexibility index (Phi) is 3.23. The van der Waals surface area contributed by atoms with Crippen LogP contribution >= 0.6 is 12.2 Å². The van der Waals surface area contributed by atoms with E-state index >= 15 is 0 Å². The summed E-state index contributed by atoms with van der Waals surface area (Å²) in [5.74, 6) is -0.517. The summed E-state index contributed by atoms with van der Waals surface area (Å²) >= 11 is 5.08. The third kappa shape index (κ3) is 2.21. The summed E-state index contributed by atoms with van der Waals surface area (Å²) in [4.78, 5) is 14.3. The van der Waals surface area contributed by atoms with Crippen LogP contribution in [0.15, 0.2) is 18.2 Å². The van der Waals surface area contributed by atoms with E-state index in [9.17, 15) is 9.18 Å². The predicted molar refractivity (Wildman–Crippen MR) is 65.8 cm³/mol. The van der Waals surface area contributed by atoms with E-state index in [2.05, 4.69) is 10.3 Å². The summed E-state index contributed by atoms with van der Waals surface area (Å²) in [7, 11) is 0. The molecule has 0 aliphatic heterocycles. The quantitative estimate of drug-likeness (QED) is 0.822. The molecule has 0 aliphatic carbocycles. The molecule has 2 aromatic rings. The minimum Gasteiger partial charge on any atom is -0.355 e. The normalized spacial score (nSPS) is 10.7. The number of H-pyrrole nitrogens is 1. The van der Waals surface area contributed by atoms with Gasteiger partial charge in [0.25, 0.3) is 0 Å². The molecule has 17 heavy (non-hydrogen) atoms. The van der Waals surface area contributed by atoms with Gasteiger partial charge < -0.3 is 14.9 Å². The number of halogens is 1. The van der Waals surface area contributed by atoms with Gasteiger partial charge in [-0.15, -0.1) is 0 Å². The maximum absolute atomic E-state index is 13.5. The van der Waals surface area contributed by atoms with Gasteiger partial charge in [0.15, 0.2) is 4.77 Å². The minimum absolute atomic E-state index is 0.0934. The zero-order chi connectivity index (χ0) is 12.4. The maximum Gasteiger partial charge on any atom is 0.240 e. The average molecular weight is 253 g/mol. The van der Waals surface area contributed by atoms with Crippen molar-refractivity contribution in [3.8, 4) is 0 Å². The lowest BCUT2D eigenvalue weighted by Gasteiger charge is -2.04. The molecule has 6 heteroatoms. The number of likely N-dealkylation sites (N-methyl/N-ethyl adjacent to an activating group) is 1. The summed E-state index contributed by atoms with van der Waals surface area (Å²) in [5.41, 5.74) is 0.933. The molecule has 2 rings (SSSR count). The third-order valence-electron chi connectivity index (χ3n) is 2.44. The van der Waals surface area contributed by atoms with Crippen molar-refractivity contribution in [1.82, 2.24) is 14.9 Å². The van der Waals surface area contributed by atoms with Crippen LogP contribution in [0.1, 0.15) is 6.92 Å². The summed E-state index contributed by atoms with van der Waals surface area (Å²) in [5, 5.41) is 2.68. The fourth-order valence-electron chi connectivity index (χ4n) is 1.70. The van der Waals surface area contributed by atoms with E-state index in [-0.39, 0.29) is 18.3 Å². The summed E-state index contributed by atoms with van der Waals surface area (Å²) in [6.45, 7) is 2.49. The van der Waals surface area contributed by atoms with Crippen LogP contribution in [0.25, 0.3) is 11.0 Å². The first-order valence-electron chi connectivity index (χ1n) is 5.27. The van der Waals surface area contributed by atoms with Gasteiger partial charge in [0, 0.05) is 6.54 Å². The monoisotopic (exact) mass is 253 g/mol. The maximum atomic E-state index is 13.5. The van der Waals surface area contributed by atoms with E-state index in [1.807, 2.05) is 6.92 Å². The average Bonchev–Trinajstić information content (AvgIpc) is 2.58. The number of rotatable bonds is 3. The van der Waals surface area contributed by atoms with Crippen LogP contribution < -0.4 is 5.32 Å². The first kappa shape index (κ1) is 11.8. The molecule has 1 aromatic heterocycles. The number of benzene rings is 1. The Hall–Kier alpha value is -1.69. The van der Waals surface area contributed by atoms with Gasteiger partial charge in [0.1, 0.15) is 17.9 Å². The highest BCUT2D eigenvalue weighted by Gasteiger charge is 2.10. The number of hydrogen-bond acceptors (Lipinski definition) is 2. The number of amides is 1. The van der Waals surface area contributed by atoms with Crippen LogP contribution in [0.4, 0.5) is 4.39 Å². The number of aromatic nitrogens is 2. The Labute approximate surface area is 102 Å². The van der Waals surface area contributed by atoms with Crippen LogP contribution in [0.2, 0.25) is 0 Å². The molecule has 1 amide bonds. The molecule has 0 unspecified atom stereocenters. The smallest absolute Gasteiger partial charge is 0.240 e. The van der Waals surface area contributed by atoms with E-state index < -0.39 is 0 Å². The van der Waals surface area contributed by atoms with Gasteiger partial charge in [-0.25, -0.2) is 4.39 Å². The number of nitrogens with zero attached hydrogens (tertiary/aromatic N) is 1. The number of carbonyl (C=O) groups is 1. The number of imidazole rings is 1. The number of hydrogen-bond donors (Lipinski definition) is 2. The number of fused-ring (bicyclic) bond motifs is 1. The van der Waals surface area contributed by atoms with Crippen LogP contribution in [0.5, 0.6) is 0 Å². The Morgan fingerprint density at radius 1 is 1.59 bits per heavy atom. The van der Waals surface area contributed by atoms with Crippen molar-refractivity contribution in [1.29, 1.82) is 0 Å². The molecule has 0 atom stereocenters. The molecule has 2 N–H and O–H groups in total. The van der Waals surface area contributed by atoms with E-state index in [1.54, 1.807) is 16.7 Å². The predicted octanol–water partition coefficient (Wildman–Crippen LogP) is 1.97. The van der Waals surface area contributed by atoms with Crippen molar-refractivity contribution >= 4 is 29.2 Å². The highest BCUT2D eigenvalue weighted by Crippen LogP contribution is 2.16. The lowest BCUT2D eigenvalue weighted by atomic mass is 10.3. The number of para-hydroxylation sites is 1. The van der Waals surface area contributed by atoms with E-state index in [0.717, 1.165) is 0 Å². The molecular weight excluding hydrogens is 241 g/mol. The Morgan fingerprint density at radius 2 is 2.35 bits per heavy atom. The SMILES string of the molecule is CCNC(=O)Cn1c(=S)[nH]c2c(F)cccc21. The zero-order valence-corrected chi connectivity index (χ0v) is 10.1. The highest BCUT2D eigenvalue weighted by atomic mass is 32.1. The zero-order valence-electron chi connectivity index (χ0n) is 9.29. The van der Waals surface area contributed by atoms with Crippen molar-refractivity contribution < 1.29 is 9.18 Å². The second-order valence-corrected chi connectivity index (χ2v) is 3.99.